The lowest BCUT2D eigenvalue weighted by Gasteiger charge is -2.27. The van der Waals surface area contributed by atoms with Gasteiger partial charge in [-0.1, -0.05) is 46.6 Å². The standard InChI is InChI=1S/C26H42O6S2/c1-5-9-17(27)13-15-33-21(7-3)19-11-12-20(25(29)30)24(26(31)32)23(19)22(8-4)34-16-14-18(28)10-6-2/h11-12,17-18,21-22,27-28H,5-10,13-16H2,1-4H3,(H,29,30)(H,31,32). The highest BCUT2D eigenvalue weighted by Gasteiger charge is 2.30. The average Bonchev–Trinajstić information content (AvgIpc) is 2.79. The van der Waals surface area contributed by atoms with Crippen LogP contribution in [-0.4, -0.2) is 56.1 Å². The molecule has 0 aliphatic carbocycles. The van der Waals surface area contributed by atoms with Crippen molar-refractivity contribution in [2.24, 2.45) is 0 Å². The molecular weight excluding hydrogens is 472 g/mol. The van der Waals surface area contributed by atoms with Gasteiger partial charge in [0.05, 0.1) is 23.3 Å². The molecule has 4 atom stereocenters. The summed E-state index contributed by atoms with van der Waals surface area (Å²) in [5.41, 5.74) is 1.16. The number of carbonyl (C=O) groups is 2. The van der Waals surface area contributed by atoms with Gasteiger partial charge in [0.15, 0.2) is 0 Å². The maximum atomic E-state index is 12.3. The van der Waals surface area contributed by atoms with Gasteiger partial charge in [0.2, 0.25) is 0 Å². The zero-order valence-electron chi connectivity index (χ0n) is 21.0. The summed E-state index contributed by atoms with van der Waals surface area (Å²) >= 11 is 3.28. The molecule has 1 rings (SSSR count). The van der Waals surface area contributed by atoms with Gasteiger partial charge in [-0.25, -0.2) is 9.59 Å². The Morgan fingerprint density at radius 3 is 1.68 bits per heavy atom. The Hall–Kier alpha value is -1.22. The average molecular weight is 515 g/mol. The van der Waals surface area contributed by atoms with Crippen LogP contribution in [-0.2, 0) is 0 Å². The predicted molar refractivity (Wildman–Crippen MR) is 142 cm³/mol. The summed E-state index contributed by atoms with van der Waals surface area (Å²) in [6, 6.07) is 3.20. The molecule has 0 aromatic heterocycles. The van der Waals surface area contributed by atoms with E-state index in [1.54, 1.807) is 29.6 Å². The summed E-state index contributed by atoms with van der Waals surface area (Å²) < 4.78 is 0. The number of aromatic carboxylic acids is 2. The number of benzene rings is 1. The van der Waals surface area contributed by atoms with Crippen LogP contribution in [0.4, 0.5) is 0 Å². The first kappa shape index (κ1) is 30.8. The molecule has 8 heteroatoms. The molecule has 0 aliphatic rings. The molecule has 0 saturated carbocycles. The van der Waals surface area contributed by atoms with Gasteiger partial charge >= 0.3 is 11.9 Å². The van der Waals surface area contributed by atoms with Crippen molar-refractivity contribution in [1.82, 2.24) is 0 Å². The quantitative estimate of drug-likeness (QED) is 0.174. The third kappa shape index (κ3) is 9.44. The summed E-state index contributed by atoms with van der Waals surface area (Å²) in [6.07, 6.45) is 5.31. The normalized spacial score (nSPS) is 15.0. The monoisotopic (exact) mass is 514 g/mol. The molecule has 0 saturated heterocycles. The first-order chi connectivity index (χ1) is 16.2. The molecule has 1 aromatic rings. The first-order valence-corrected chi connectivity index (χ1v) is 14.5. The SMILES string of the molecule is CCCC(O)CCSC(CC)c1ccc(C(=O)O)c(C(=O)O)c1C(CC)SCCC(O)CCC. The highest BCUT2D eigenvalue weighted by atomic mass is 32.2. The minimum absolute atomic E-state index is 0.00473. The maximum Gasteiger partial charge on any atom is 0.336 e. The van der Waals surface area contributed by atoms with Crippen LogP contribution in [0.3, 0.4) is 0 Å². The third-order valence-electron chi connectivity index (χ3n) is 5.92. The van der Waals surface area contributed by atoms with Crippen molar-refractivity contribution in [3.05, 3.63) is 34.4 Å². The van der Waals surface area contributed by atoms with E-state index in [-0.39, 0.29) is 33.8 Å². The van der Waals surface area contributed by atoms with Gasteiger partial charge in [-0.15, -0.1) is 0 Å². The van der Waals surface area contributed by atoms with E-state index >= 15 is 0 Å². The molecule has 194 valence electrons. The van der Waals surface area contributed by atoms with E-state index in [9.17, 15) is 30.0 Å². The van der Waals surface area contributed by atoms with E-state index in [2.05, 4.69) is 0 Å². The molecule has 1 aromatic carbocycles. The molecule has 6 nitrogen and oxygen atoms in total. The molecule has 0 fully saturated rings. The Morgan fingerprint density at radius 2 is 1.26 bits per heavy atom. The number of aliphatic hydroxyl groups excluding tert-OH is 2. The minimum Gasteiger partial charge on any atom is -0.478 e. The van der Waals surface area contributed by atoms with Gasteiger partial charge in [0.1, 0.15) is 0 Å². The van der Waals surface area contributed by atoms with E-state index < -0.39 is 11.9 Å². The van der Waals surface area contributed by atoms with Crippen LogP contribution >= 0.6 is 23.5 Å². The highest BCUT2D eigenvalue weighted by molar-refractivity contribution is 7.99. The second-order valence-corrected chi connectivity index (χ2v) is 11.2. The van der Waals surface area contributed by atoms with Crippen LogP contribution in [0.1, 0.15) is 121 Å². The second kappa shape index (κ2) is 16.5. The molecule has 0 radical (unpaired) electrons. The van der Waals surface area contributed by atoms with Crippen molar-refractivity contribution >= 4 is 35.5 Å². The molecule has 4 N–H and O–H groups in total. The minimum atomic E-state index is -1.24. The summed E-state index contributed by atoms with van der Waals surface area (Å²) in [4.78, 5) is 24.2. The number of rotatable bonds is 18. The van der Waals surface area contributed by atoms with Gasteiger partial charge in [0, 0.05) is 10.5 Å². The maximum absolute atomic E-state index is 12.3. The van der Waals surface area contributed by atoms with Gasteiger partial charge < -0.3 is 20.4 Å². The topological polar surface area (TPSA) is 115 Å². The Bertz CT molecular complexity index is 770. The van der Waals surface area contributed by atoms with Crippen LogP contribution in [0.5, 0.6) is 0 Å². The largest absolute Gasteiger partial charge is 0.478 e. The molecular formula is C26H42O6S2. The van der Waals surface area contributed by atoms with Crippen molar-refractivity contribution in [3.63, 3.8) is 0 Å². The zero-order valence-corrected chi connectivity index (χ0v) is 22.6. The van der Waals surface area contributed by atoms with Crippen molar-refractivity contribution in [3.8, 4) is 0 Å². The Kier molecular flexibility index (Phi) is 14.9. The molecule has 34 heavy (non-hydrogen) atoms. The fourth-order valence-corrected chi connectivity index (χ4v) is 6.82. The summed E-state index contributed by atoms with van der Waals surface area (Å²) in [5, 5.41) is 39.8. The fraction of sp³-hybridized carbons (Fsp3) is 0.692. The Balaban J connectivity index is 3.35. The van der Waals surface area contributed by atoms with Crippen molar-refractivity contribution in [1.29, 1.82) is 0 Å². The van der Waals surface area contributed by atoms with E-state index in [1.807, 2.05) is 27.7 Å². The van der Waals surface area contributed by atoms with E-state index in [4.69, 9.17) is 0 Å². The number of aliphatic hydroxyl groups is 2. The van der Waals surface area contributed by atoms with Crippen LogP contribution in [0.25, 0.3) is 0 Å². The van der Waals surface area contributed by atoms with E-state index in [0.717, 1.165) is 43.4 Å². The molecule has 0 spiro atoms. The van der Waals surface area contributed by atoms with Crippen molar-refractivity contribution in [2.75, 3.05) is 11.5 Å². The van der Waals surface area contributed by atoms with Gasteiger partial charge in [-0.3, -0.25) is 0 Å². The van der Waals surface area contributed by atoms with Crippen LogP contribution < -0.4 is 0 Å². The van der Waals surface area contributed by atoms with E-state index in [1.165, 1.54) is 6.07 Å². The second-order valence-electron chi connectivity index (χ2n) is 8.60. The number of hydrogen-bond donors (Lipinski definition) is 4. The fourth-order valence-electron chi connectivity index (χ4n) is 4.15. The molecule has 0 heterocycles. The Morgan fingerprint density at radius 1 is 0.765 bits per heavy atom. The number of thioether (sulfide) groups is 2. The molecule has 0 bridgehead atoms. The summed E-state index contributed by atoms with van der Waals surface area (Å²) in [7, 11) is 0. The third-order valence-corrected chi connectivity index (χ3v) is 8.82. The predicted octanol–water partition coefficient (Wildman–Crippen LogP) is 6.55. The van der Waals surface area contributed by atoms with Crippen LogP contribution in [0.2, 0.25) is 0 Å². The Labute approximate surface area is 212 Å². The van der Waals surface area contributed by atoms with E-state index in [0.29, 0.717) is 30.6 Å². The number of carboxylic acid groups (broad SMARTS) is 2. The highest BCUT2D eigenvalue weighted by Crippen LogP contribution is 2.44. The number of hydrogen-bond acceptors (Lipinski definition) is 6. The molecule has 4 unspecified atom stereocenters. The van der Waals surface area contributed by atoms with Crippen LogP contribution in [0, 0.1) is 0 Å². The van der Waals surface area contributed by atoms with Crippen molar-refractivity contribution < 1.29 is 30.0 Å². The van der Waals surface area contributed by atoms with Gasteiger partial charge in [0.25, 0.3) is 0 Å². The lowest BCUT2D eigenvalue weighted by molar-refractivity contribution is 0.0650. The molecule has 0 amide bonds. The van der Waals surface area contributed by atoms with Gasteiger partial charge in [-0.2, -0.15) is 23.5 Å². The zero-order chi connectivity index (χ0) is 25.7. The molecule has 0 aliphatic heterocycles. The van der Waals surface area contributed by atoms with Crippen LogP contribution in [0.15, 0.2) is 12.1 Å². The number of carboxylic acids is 2. The van der Waals surface area contributed by atoms with Gasteiger partial charge in [-0.05, 0) is 67.2 Å². The smallest absolute Gasteiger partial charge is 0.336 e. The summed E-state index contributed by atoms with van der Waals surface area (Å²) in [6.45, 7) is 8.10. The summed E-state index contributed by atoms with van der Waals surface area (Å²) in [5.74, 6) is -1.05. The lowest BCUT2D eigenvalue weighted by Crippen LogP contribution is -2.17. The van der Waals surface area contributed by atoms with Crippen molar-refractivity contribution in [2.45, 2.75) is 102 Å². The lowest BCUT2D eigenvalue weighted by atomic mass is 9.90. The first-order valence-electron chi connectivity index (χ1n) is 12.4.